The topological polar surface area (TPSA) is 84.6 Å². The third-order valence-corrected chi connectivity index (χ3v) is 1.16. The van der Waals surface area contributed by atoms with E-state index in [1.807, 2.05) is 0 Å². The largest absolute Gasteiger partial charge is 0.484 e. The molecule has 0 unspecified atom stereocenters. The van der Waals surface area contributed by atoms with Crippen LogP contribution in [0.4, 0.5) is 5.69 Å². The van der Waals surface area contributed by atoms with Crippen molar-refractivity contribution in [3.63, 3.8) is 0 Å². The molecule has 2 N–H and O–H groups in total. The van der Waals surface area contributed by atoms with Crippen molar-refractivity contribution in [1.82, 2.24) is 0 Å². The molecular weight excluding hydrogens is 152 g/mol. The Balaban J connectivity index is 3.14. The van der Waals surface area contributed by atoms with E-state index >= 15 is 0 Å². The van der Waals surface area contributed by atoms with Crippen LogP contribution >= 0.6 is 0 Å². The number of hydrogen-bond acceptors (Lipinski definition) is 5. The van der Waals surface area contributed by atoms with E-state index in [1.54, 1.807) is 0 Å². The highest BCUT2D eigenvalue weighted by atomic mass is 16.8. The Morgan fingerprint density at radius 1 is 1.45 bits per heavy atom. The number of ether oxygens (including phenoxy) is 2. The molecule has 6 heteroatoms. The minimum Gasteiger partial charge on any atom is -0.484 e. The van der Waals surface area contributed by atoms with E-state index in [-0.39, 0.29) is 22.4 Å². The fourth-order valence-electron chi connectivity index (χ4n) is 0.683. The summed E-state index contributed by atoms with van der Waals surface area (Å²) in [4.78, 5) is 0.147. The zero-order valence-corrected chi connectivity index (χ0v) is 6.16. The summed E-state index contributed by atoms with van der Waals surface area (Å²) in [5.74, 6) is -0.140. The first-order chi connectivity index (χ1) is 5.20. The summed E-state index contributed by atoms with van der Waals surface area (Å²) in [5.41, 5.74) is 5.42. The molecule has 0 aromatic carbocycles. The molecule has 0 atom stereocenters. The fourth-order valence-corrected chi connectivity index (χ4v) is 0.683. The fraction of sp³-hybridized carbons (Fsp3) is 0.400. The molecule has 0 saturated carbocycles. The van der Waals surface area contributed by atoms with Crippen LogP contribution in [-0.4, -0.2) is 14.2 Å². The minimum atomic E-state index is -0.0955. The van der Waals surface area contributed by atoms with Crippen LogP contribution in [0.2, 0.25) is 0 Å². The van der Waals surface area contributed by atoms with Crippen LogP contribution in [0.3, 0.4) is 0 Å². The predicted molar refractivity (Wildman–Crippen MR) is 35.2 cm³/mol. The summed E-state index contributed by atoms with van der Waals surface area (Å²) in [5, 5.41) is 10.7. The lowest BCUT2D eigenvalue weighted by atomic mass is 10.5. The van der Waals surface area contributed by atoms with Gasteiger partial charge in [0.25, 0.3) is 5.95 Å². The van der Waals surface area contributed by atoms with Gasteiger partial charge in [0, 0.05) is 0 Å². The van der Waals surface area contributed by atoms with E-state index in [0.717, 1.165) is 0 Å². The van der Waals surface area contributed by atoms with Crippen molar-refractivity contribution >= 4 is 5.69 Å². The monoisotopic (exact) mass is 160 g/mol. The molecule has 1 heterocycles. The molecule has 1 aromatic rings. The Labute approximate surface area is 62.7 Å². The first-order valence-corrected chi connectivity index (χ1v) is 2.81. The SMILES string of the molecule is COc1o[n+]([O-])c(OC)c1N. The lowest BCUT2D eigenvalue weighted by Gasteiger charge is -1.92. The molecule has 0 amide bonds. The smallest absolute Gasteiger partial charge is 0.455 e. The van der Waals surface area contributed by atoms with Gasteiger partial charge < -0.3 is 19.7 Å². The molecule has 0 aliphatic heterocycles. The Morgan fingerprint density at radius 3 is 2.36 bits per heavy atom. The van der Waals surface area contributed by atoms with Gasteiger partial charge in [0.2, 0.25) is 5.69 Å². The quantitative estimate of drug-likeness (QED) is 0.590. The third kappa shape index (κ3) is 1.02. The van der Waals surface area contributed by atoms with Crippen LogP contribution in [0.25, 0.3) is 0 Å². The average molecular weight is 160 g/mol. The summed E-state index contributed by atoms with van der Waals surface area (Å²) in [6, 6.07) is 0. The number of anilines is 1. The van der Waals surface area contributed by atoms with Gasteiger partial charge in [0.05, 0.1) is 19.1 Å². The number of nitrogens with zero attached hydrogens (tertiary/aromatic N) is 1. The van der Waals surface area contributed by atoms with Crippen molar-refractivity contribution in [3.05, 3.63) is 5.21 Å². The molecular formula is C5H8N2O4. The molecule has 0 radical (unpaired) electrons. The first kappa shape index (κ1) is 7.52. The summed E-state index contributed by atoms with van der Waals surface area (Å²) in [6.07, 6.45) is 0. The number of methoxy groups -OCH3 is 2. The molecule has 6 nitrogen and oxygen atoms in total. The Kier molecular flexibility index (Phi) is 1.75. The Bertz CT molecular complexity index is 257. The van der Waals surface area contributed by atoms with Gasteiger partial charge in [-0.2, -0.15) is 0 Å². The zero-order chi connectivity index (χ0) is 8.43. The second-order valence-electron chi connectivity index (χ2n) is 1.76. The van der Waals surface area contributed by atoms with Crippen molar-refractivity contribution < 1.29 is 18.9 Å². The number of rotatable bonds is 2. The predicted octanol–water partition coefficient (Wildman–Crippen LogP) is -0.488. The molecule has 1 aromatic heterocycles. The van der Waals surface area contributed by atoms with Crippen molar-refractivity contribution in [2.75, 3.05) is 20.0 Å². The van der Waals surface area contributed by atoms with Gasteiger partial charge in [-0.1, -0.05) is 0 Å². The molecule has 0 saturated heterocycles. The summed E-state index contributed by atoms with van der Waals surface area (Å²) in [6.45, 7) is 0. The molecule has 0 aliphatic rings. The zero-order valence-electron chi connectivity index (χ0n) is 6.16. The van der Waals surface area contributed by atoms with Crippen LogP contribution in [0.5, 0.6) is 11.8 Å². The van der Waals surface area contributed by atoms with E-state index in [2.05, 4.69) is 14.0 Å². The summed E-state index contributed by atoms with van der Waals surface area (Å²) >= 11 is 0. The normalized spacial score (nSPS) is 9.64. The average Bonchev–Trinajstić information content (AvgIpc) is 2.26. The molecule has 0 fully saturated rings. The van der Waals surface area contributed by atoms with Gasteiger partial charge >= 0.3 is 5.88 Å². The molecule has 0 bridgehead atoms. The van der Waals surface area contributed by atoms with Crippen LogP contribution in [0.15, 0.2) is 4.52 Å². The van der Waals surface area contributed by atoms with Crippen LogP contribution in [-0.2, 0) is 0 Å². The van der Waals surface area contributed by atoms with E-state index in [4.69, 9.17) is 5.73 Å². The van der Waals surface area contributed by atoms with E-state index in [0.29, 0.717) is 0 Å². The maximum absolute atomic E-state index is 10.7. The second-order valence-corrected chi connectivity index (χ2v) is 1.76. The number of aromatic nitrogens is 1. The van der Waals surface area contributed by atoms with Gasteiger partial charge in [-0.3, -0.25) is 5.21 Å². The van der Waals surface area contributed by atoms with Crippen LogP contribution in [0, 0.1) is 5.21 Å². The molecule has 11 heavy (non-hydrogen) atoms. The van der Waals surface area contributed by atoms with Crippen LogP contribution in [0.1, 0.15) is 0 Å². The first-order valence-electron chi connectivity index (χ1n) is 2.81. The summed E-state index contributed by atoms with van der Waals surface area (Å²) < 4.78 is 13.7. The van der Waals surface area contributed by atoms with E-state index < -0.39 is 0 Å². The highest BCUT2D eigenvalue weighted by Crippen LogP contribution is 2.28. The third-order valence-electron chi connectivity index (χ3n) is 1.16. The van der Waals surface area contributed by atoms with E-state index in [9.17, 15) is 5.21 Å². The summed E-state index contributed by atoms with van der Waals surface area (Å²) in [7, 11) is 2.66. The Hall–Kier alpha value is -1.59. The number of nitrogen functional groups attached to an aromatic ring is 1. The standard InChI is InChI=1S/C5H8N2O4/c1-9-4-3(6)5(10-2)11-7(4)8/h6H2,1-2H3. The van der Waals surface area contributed by atoms with Crippen molar-refractivity contribution in [3.8, 4) is 11.8 Å². The maximum Gasteiger partial charge on any atom is 0.455 e. The van der Waals surface area contributed by atoms with Crippen molar-refractivity contribution in [2.24, 2.45) is 0 Å². The van der Waals surface area contributed by atoms with Gasteiger partial charge in [0.1, 0.15) is 0 Å². The van der Waals surface area contributed by atoms with Gasteiger partial charge in [-0.25, -0.2) is 0 Å². The van der Waals surface area contributed by atoms with Crippen molar-refractivity contribution in [1.29, 1.82) is 0 Å². The molecule has 62 valence electrons. The molecule has 0 spiro atoms. The minimum absolute atomic E-state index is 0.0446. The number of hydrogen-bond donors (Lipinski definition) is 1. The van der Waals surface area contributed by atoms with Gasteiger partial charge in [-0.15, -0.1) is 0 Å². The second kappa shape index (κ2) is 2.57. The highest BCUT2D eigenvalue weighted by Gasteiger charge is 2.21. The highest BCUT2D eigenvalue weighted by molar-refractivity contribution is 5.52. The maximum atomic E-state index is 10.7. The molecule has 0 aliphatic carbocycles. The number of nitrogens with two attached hydrogens (primary N) is 1. The van der Waals surface area contributed by atoms with Gasteiger partial charge in [-0.05, 0) is 0 Å². The lowest BCUT2D eigenvalue weighted by Crippen LogP contribution is -2.24. The molecule has 1 rings (SSSR count). The van der Waals surface area contributed by atoms with E-state index in [1.165, 1.54) is 14.2 Å². The van der Waals surface area contributed by atoms with Crippen LogP contribution < -0.4 is 20.1 Å². The van der Waals surface area contributed by atoms with Gasteiger partial charge in [0.15, 0.2) is 0 Å². The lowest BCUT2D eigenvalue weighted by molar-refractivity contribution is -0.795. The van der Waals surface area contributed by atoms with Crippen molar-refractivity contribution in [2.45, 2.75) is 0 Å². The Morgan fingerprint density at radius 2 is 2.09 bits per heavy atom.